The summed E-state index contributed by atoms with van der Waals surface area (Å²) in [5.41, 5.74) is 3.67. The van der Waals surface area contributed by atoms with Gasteiger partial charge in [0.2, 0.25) is 0 Å². The van der Waals surface area contributed by atoms with Crippen molar-refractivity contribution in [3.63, 3.8) is 0 Å². The van der Waals surface area contributed by atoms with Crippen molar-refractivity contribution in [3.8, 4) is 0 Å². The third-order valence-electron chi connectivity index (χ3n) is 3.39. The van der Waals surface area contributed by atoms with E-state index in [0.29, 0.717) is 6.42 Å². The Morgan fingerprint density at radius 2 is 1.75 bits per heavy atom. The second kappa shape index (κ2) is 6.35. The van der Waals surface area contributed by atoms with Gasteiger partial charge in [0.1, 0.15) is 0 Å². The molecule has 1 atom stereocenters. The quantitative estimate of drug-likeness (QED) is 0.878. The molecule has 1 unspecified atom stereocenters. The third-order valence-corrected chi connectivity index (χ3v) is 3.39. The van der Waals surface area contributed by atoms with Gasteiger partial charge in [-0.05, 0) is 30.0 Å². The molecule has 0 saturated carbocycles. The van der Waals surface area contributed by atoms with Crippen LogP contribution in [0.4, 0.5) is 0 Å². The van der Waals surface area contributed by atoms with E-state index in [1.807, 2.05) is 55.5 Å². The Morgan fingerprint density at radius 3 is 2.30 bits per heavy atom. The number of carboxylic acids is 1. The smallest absolute Gasteiger partial charge is 0.311 e. The number of aryl methyl sites for hydroxylation is 1. The van der Waals surface area contributed by atoms with Gasteiger partial charge in [-0.1, -0.05) is 54.1 Å². The number of rotatable bonds is 5. The number of aliphatic hydroxyl groups excluding tert-OH is 1. The standard InChI is InChI=1S/C17H18O3/c1-12-3-2-4-15(9-12)16(17(19)20)10-13-5-7-14(11-18)8-6-13/h2-9,16,18H,10-11H2,1H3,(H,19,20). The lowest BCUT2D eigenvalue weighted by Crippen LogP contribution is -2.14. The molecule has 3 nitrogen and oxygen atoms in total. The molecular weight excluding hydrogens is 252 g/mol. The molecule has 0 aliphatic heterocycles. The van der Waals surface area contributed by atoms with Gasteiger partial charge in [-0.15, -0.1) is 0 Å². The molecule has 0 heterocycles. The highest BCUT2D eigenvalue weighted by Crippen LogP contribution is 2.22. The highest BCUT2D eigenvalue weighted by Gasteiger charge is 2.20. The first-order chi connectivity index (χ1) is 9.60. The molecule has 0 aliphatic rings. The molecule has 0 radical (unpaired) electrons. The molecule has 3 heteroatoms. The number of aliphatic carboxylic acids is 1. The Hall–Kier alpha value is -2.13. The first kappa shape index (κ1) is 14.3. The largest absolute Gasteiger partial charge is 0.481 e. The zero-order chi connectivity index (χ0) is 14.5. The van der Waals surface area contributed by atoms with E-state index >= 15 is 0 Å². The summed E-state index contributed by atoms with van der Waals surface area (Å²) in [5.74, 6) is -1.36. The van der Waals surface area contributed by atoms with Crippen molar-refractivity contribution in [1.82, 2.24) is 0 Å². The predicted octanol–water partition coefficient (Wildman–Crippen LogP) is 2.90. The number of hydrogen-bond acceptors (Lipinski definition) is 2. The number of aliphatic hydroxyl groups is 1. The van der Waals surface area contributed by atoms with Gasteiger partial charge in [0, 0.05) is 0 Å². The monoisotopic (exact) mass is 270 g/mol. The molecule has 0 aromatic heterocycles. The molecule has 2 rings (SSSR count). The Labute approximate surface area is 118 Å². The lowest BCUT2D eigenvalue weighted by molar-refractivity contribution is -0.138. The highest BCUT2D eigenvalue weighted by atomic mass is 16.4. The van der Waals surface area contributed by atoms with Gasteiger partial charge in [-0.25, -0.2) is 0 Å². The van der Waals surface area contributed by atoms with E-state index in [-0.39, 0.29) is 6.61 Å². The van der Waals surface area contributed by atoms with Crippen LogP contribution >= 0.6 is 0 Å². The van der Waals surface area contributed by atoms with Crippen molar-refractivity contribution >= 4 is 5.97 Å². The van der Waals surface area contributed by atoms with Crippen LogP contribution in [0, 0.1) is 6.92 Å². The van der Waals surface area contributed by atoms with E-state index in [1.165, 1.54) is 0 Å². The second-order valence-electron chi connectivity index (χ2n) is 4.98. The summed E-state index contributed by atoms with van der Waals surface area (Å²) in [5, 5.41) is 18.5. The van der Waals surface area contributed by atoms with Gasteiger partial charge < -0.3 is 10.2 Å². The number of carboxylic acid groups (broad SMARTS) is 1. The minimum atomic E-state index is -0.818. The molecule has 0 aliphatic carbocycles. The van der Waals surface area contributed by atoms with Crippen LogP contribution in [-0.4, -0.2) is 16.2 Å². The minimum Gasteiger partial charge on any atom is -0.481 e. The number of carbonyl (C=O) groups is 1. The SMILES string of the molecule is Cc1cccc(C(Cc2ccc(CO)cc2)C(=O)O)c1. The molecule has 2 aromatic rings. The summed E-state index contributed by atoms with van der Waals surface area (Å²) in [6.07, 6.45) is 0.449. The average molecular weight is 270 g/mol. The molecule has 20 heavy (non-hydrogen) atoms. The molecular formula is C17H18O3. The molecule has 0 fully saturated rings. The van der Waals surface area contributed by atoms with Gasteiger partial charge >= 0.3 is 5.97 Å². The first-order valence-electron chi connectivity index (χ1n) is 6.58. The van der Waals surface area contributed by atoms with Crippen molar-refractivity contribution in [3.05, 3.63) is 70.8 Å². The van der Waals surface area contributed by atoms with Crippen molar-refractivity contribution in [1.29, 1.82) is 0 Å². The number of benzene rings is 2. The van der Waals surface area contributed by atoms with E-state index in [1.54, 1.807) is 0 Å². The first-order valence-corrected chi connectivity index (χ1v) is 6.58. The average Bonchev–Trinajstić information content (AvgIpc) is 2.45. The molecule has 2 aromatic carbocycles. The van der Waals surface area contributed by atoms with Crippen LogP contribution in [0.5, 0.6) is 0 Å². The van der Waals surface area contributed by atoms with Crippen LogP contribution in [-0.2, 0) is 17.8 Å². The van der Waals surface area contributed by atoms with Gasteiger partial charge in [-0.2, -0.15) is 0 Å². The molecule has 0 bridgehead atoms. The fourth-order valence-corrected chi connectivity index (χ4v) is 2.25. The summed E-state index contributed by atoms with van der Waals surface area (Å²) in [6.45, 7) is 1.96. The van der Waals surface area contributed by atoms with E-state index in [4.69, 9.17) is 5.11 Å². The Balaban J connectivity index is 2.23. The lowest BCUT2D eigenvalue weighted by atomic mass is 9.91. The molecule has 0 saturated heterocycles. The topological polar surface area (TPSA) is 57.5 Å². The van der Waals surface area contributed by atoms with Crippen molar-refractivity contribution in [2.75, 3.05) is 0 Å². The Bertz CT molecular complexity index is 587. The molecule has 2 N–H and O–H groups in total. The lowest BCUT2D eigenvalue weighted by Gasteiger charge is -2.14. The summed E-state index contributed by atoms with van der Waals surface area (Å²) >= 11 is 0. The summed E-state index contributed by atoms with van der Waals surface area (Å²) in [6, 6.07) is 15.0. The van der Waals surface area contributed by atoms with Crippen LogP contribution in [0.3, 0.4) is 0 Å². The molecule has 0 spiro atoms. The van der Waals surface area contributed by atoms with E-state index < -0.39 is 11.9 Å². The Morgan fingerprint density at radius 1 is 1.10 bits per heavy atom. The Kier molecular flexibility index (Phi) is 4.53. The summed E-state index contributed by atoms with van der Waals surface area (Å²) < 4.78 is 0. The van der Waals surface area contributed by atoms with E-state index in [0.717, 1.165) is 22.3 Å². The van der Waals surface area contributed by atoms with Crippen molar-refractivity contribution < 1.29 is 15.0 Å². The highest BCUT2D eigenvalue weighted by molar-refractivity contribution is 5.76. The maximum absolute atomic E-state index is 11.5. The normalized spacial score (nSPS) is 12.1. The van der Waals surface area contributed by atoms with Gasteiger partial charge in [0.25, 0.3) is 0 Å². The predicted molar refractivity (Wildman–Crippen MR) is 77.6 cm³/mol. The van der Waals surface area contributed by atoms with E-state index in [2.05, 4.69) is 0 Å². The zero-order valence-corrected chi connectivity index (χ0v) is 11.4. The van der Waals surface area contributed by atoms with Gasteiger partial charge in [0.15, 0.2) is 0 Å². The zero-order valence-electron chi connectivity index (χ0n) is 11.4. The number of hydrogen-bond donors (Lipinski definition) is 2. The maximum Gasteiger partial charge on any atom is 0.311 e. The second-order valence-corrected chi connectivity index (χ2v) is 4.98. The van der Waals surface area contributed by atoms with E-state index in [9.17, 15) is 9.90 Å². The van der Waals surface area contributed by atoms with Gasteiger partial charge in [-0.3, -0.25) is 4.79 Å². The fourth-order valence-electron chi connectivity index (χ4n) is 2.25. The maximum atomic E-state index is 11.5. The van der Waals surface area contributed by atoms with Gasteiger partial charge in [0.05, 0.1) is 12.5 Å². The molecule has 104 valence electrons. The molecule has 0 amide bonds. The van der Waals surface area contributed by atoms with Crippen molar-refractivity contribution in [2.45, 2.75) is 25.9 Å². The minimum absolute atomic E-state index is 0.000515. The van der Waals surface area contributed by atoms with Crippen LogP contribution in [0.2, 0.25) is 0 Å². The van der Waals surface area contributed by atoms with Crippen LogP contribution < -0.4 is 0 Å². The van der Waals surface area contributed by atoms with Crippen LogP contribution in [0.15, 0.2) is 48.5 Å². The van der Waals surface area contributed by atoms with Crippen LogP contribution in [0.25, 0.3) is 0 Å². The van der Waals surface area contributed by atoms with Crippen molar-refractivity contribution in [2.24, 2.45) is 0 Å². The van der Waals surface area contributed by atoms with Crippen LogP contribution in [0.1, 0.15) is 28.2 Å². The fraction of sp³-hybridized carbons (Fsp3) is 0.235. The summed E-state index contributed by atoms with van der Waals surface area (Å²) in [7, 11) is 0. The third kappa shape index (κ3) is 3.45. The summed E-state index contributed by atoms with van der Waals surface area (Å²) in [4.78, 5) is 11.5.